The van der Waals surface area contributed by atoms with Crippen LogP contribution >= 0.6 is 23.2 Å². The molecule has 0 unspecified atom stereocenters. The molecule has 2 aromatic carbocycles. The van der Waals surface area contributed by atoms with Gasteiger partial charge in [0.1, 0.15) is 0 Å². The monoisotopic (exact) mass is 399 g/mol. The normalized spacial score (nSPS) is 11.0. The lowest BCUT2D eigenvalue weighted by Gasteiger charge is -2.07. The number of fused-ring (bicyclic) bond motifs is 1. The summed E-state index contributed by atoms with van der Waals surface area (Å²) in [6.07, 6.45) is 0. The number of H-pyrrole nitrogens is 1. The van der Waals surface area contributed by atoms with Crippen LogP contribution in [0.25, 0.3) is 22.6 Å². The molecule has 0 spiro atoms. The van der Waals surface area contributed by atoms with Crippen LogP contribution in [-0.4, -0.2) is 24.7 Å². The number of nitrogens with one attached hydrogen (secondary N) is 1. The molecule has 0 bridgehead atoms. The predicted molar refractivity (Wildman–Crippen MR) is 103 cm³/mol. The minimum atomic E-state index is -0.574. The molecule has 0 saturated carbocycles. The Hall–Kier alpha value is -3.03. The Morgan fingerprint density at radius 1 is 0.963 bits per heavy atom. The largest absolute Gasteiger partial charge is 0.330 e. The van der Waals surface area contributed by atoms with E-state index in [-0.39, 0.29) is 23.5 Å². The van der Waals surface area contributed by atoms with Gasteiger partial charge in [0.05, 0.1) is 16.6 Å². The molecule has 0 aliphatic carbocycles. The van der Waals surface area contributed by atoms with Crippen LogP contribution in [0, 0.1) is 0 Å². The van der Waals surface area contributed by atoms with Gasteiger partial charge in [0.2, 0.25) is 0 Å². The predicted octanol–water partition coefficient (Wildman–Crippen LogP) is 2.90. The van der Waals surface area contributed by atoms with Crippen molar-refractivity contribution in [2.24, 2.45) is 0 Å². The molecule has 2 heterocycles. The first kappa shape index (κ1) is 17.4. The van der Waals surface area contributed by atoms with Gasteiger partial charge in [-0.25, -0.2) is 9.78 Å². The van der Waals surface area contributed by atoms with Gasteiger partial charge in [0.15, 0.2) is 17.0 Å². The van der Waals surface area contributed by atoms with Crippen molar-refractivity contribution in [3.63, 3.8) is 0 Å². The molecule has 0 aliphatic rings. The first-order chi connectivity index (χ1) is 13.0. The number of hydrogen-bond acceptors (Lipinski definition) is 5. The van der Waals surface area contributed by atoms with Gasteiger partial charge in [0.25, 0.3) is 5.56 Å². The van der Waals surface area contributed by atoms with Crippen molar-refractivity contribution in [3.05, 3.63) is 85.0 Å². The van der Waals surface area contributed by atoms with Gasteiger partial charge in [-0.05, 0) is 23.8 Å². The number of aromatic amines is 1. The van der Waals surface area contributed by atoms with E-state index in [4.69, 9.17) is 23.2 Å². The summed E-state index contributed by atoms with van der Waals surface area (Å²) in [7, 11) is 0. The molecule has 0 amide bonds. The number of rotatable bonds is 3. The minimum absolute atomic E-state index is 0.0154. The standard InChI is InChI=1S/C18H11Cl2N5O2/c19-12-7-6-11(8-13(12)20)15-21-14-16(24-23-15)22-18(27)25(17(14)26)9-10-4-2-1-3-5-10/h1-8H,9H2,(H,22,24,27). The van der Waals surface area contributed by atoms with Gasteiger partial charge < -0.3 is 0 Å². The van der Waals surface area contributed by atoms with Gasteiger partial charge in [-0.15, -0.1) is 10.2 Å². The summed E-state index contributed by atoms with van der Waals surface area (Å²) in [5.74, 6) is 0.205. The van der Waals surface area contributed by atoms with E-state index in [0.29, 0.717) is 15.6 Å². The lowest BCUT2D eigenvalue weighted by atomic mass is 10.2. The SMILES string of the molecule is O=c1[nH]c2nnc(-c3ccc(Cl)c(Cl)c3)nc2c(=O)n1Cc1ccccc1. The Morgan fingerprint density at radius 3 is 2.48 bits per heavy atom. The van der Waals surface area contributed by atoms with Crippen LogP contribution in [-0.2, 0) is 6.54 Å². The molecule has 9 heteroatoms. The average Bonchev–Trinajstić information content (AvgIpc) is 2.68. The lowest BCUT2D eigenvalue weighted by Crippen LogP contribution is -2.36. The summed E-state index contributed by atoms with van der Waals surface area (Å²) in [6.45, 7) is 0.122. The summed E-state index contributed by atoms with van der Waals surface area (Å²) >= 11 is 12.0. The molecule has 27 heavy (non-hydrogen) atoms. The molecule has 4 rings (SSSR count). The maximum Gasteiger partial charge on any atom is 0.330 e. The Morgan fingerprint density at radius 2 is 1.74 bits per heavy atom. The van der Waals surface area contributed by atoms with Gasteiger partial charge in [-0.1, -0.05) is 53.5 Å². The maximum absolute atomic E-state index is 12.8. The summed E-state index contributed by atoms with van der Waals surface area (Å²) in [4.78, 5) is 31.9. The highest BCUT2D eigenvalue weighted by molar-refractivity contribution is 6.42. The summed E-state index contributed by atoms with van der Waals surface area (Å²) < 4.78 is 1.07. The fourth-order valence-electron chi connectivity index (χ4n) is 2.62. The fourth-order valence-corrected chi connectivity index (χ4v) is 2.91. The van der Waals surface area contributed by atoms with E-state index in [1.165, 1.54) is 0 Å². The van der Waals surface area contributed by atoms with E-state index >= 15 is 0 Å². The smallest absolute Gasteiger partial charge is 0.288 e. The van der Waals surface area contributed by atoms with Gasteiger partial charge in [-0.2, -0.15) is 0 Å². The van der Waals surface area contributed by atoms with Crippen LogP contribution in [0.4, 0.5) is 0 Å². The summed E-state index contributed by atoms with van der Waals surface area (Å²) in [5.41, 5.74) is 0.290. The third-order valence-corrected chi connectivity index (χ3v) is 4.71. The van der Waals surface area contributed by atoms with Crippen LogP contribution < -0.4 is 11.2 Å². The van der Waals surface area contributed by atoms with Crippen LogP contribution in [0.5, 0.6) is 0 Å². The average molecular weight is 400 g/mol. The summed E-state index contributed by atoms with van der Waals surface area (Å²) in [6, 6.07) is 14.0. The minimum Gasteiger partial charge on any atom is -0.288 e. The molecule has 0 fully saturated rings. The molecule has 1 N–H and O–H groups in total. The quantitative estimate of drug-likeness (QED) is 0.571. The second kappa shape index (κ2) is 6.94. The fraction of sp³-hybridized carbons (Fsp3) is 0.0556. The topological polar surface area (TPSA) is 93.5 Å². The Bertz CT molecular complexity index is 1270. The Kier molecular flexibility index (Phi) is 4.47. The zero-order valence-electron chi connectivity index (χ0n) is 13.7. The molecule has 7 nitrogen and oxygen atoms in total. The van der Waals surface area contributed by atoms with Crippen LogP contribution in [0.15, 0.2) is 58.1 Å². The molecule has 4 aromatic rings. The first-order valence-electron chi connectivity index (χ1n) is 7.90. The zero-order valence-corrected chi connectivity index (χ0v) is 15.2. The van der Waals surface area contributed by atoms with Crippen LogP contribution in [0.3, 0.4) is 0 Å². The lowest BCUT2D eigenvalue weighted by molar-refractivity contribution is 0.705. The van der Waals surface area contributed by atoms with Gasteiger partial charge >= 0.3 is 5.69 Å². The zero-order chi connectivity index (χ0) is 19.0. The highest BCUT2D eigenvalue weighted by Gasteiger charge is 2.14. The highest BCUT2D eigenvalue weighted by atomic mass is 35.5. The molecule has 0 aliphatic heterocycles. The highest BCUT2D eigenvalue weighted by Crippen LogP contribution is 2.26. The molecule has 2 aromatic heterocycles. The van der Waals surface area contributed by atoms with Crippen molar-refractivity contribution >= 4 is 34.4 Å². The van der Waals surface area contributed by atoms with Gasteiger partial charge in [0, 0.05) is 5.56 Å². The molecule has 0 radical (unpaired) electrons. The van der Waals surface area contributed by atoms with E-state index in [2.05, 4.69) is 20.2 Å². The molecule has 0 saturated heterocycles. The van der Waals surface area contributed by atoms with E-state index in [0.717, 1.165) is 10.1 Å². The number of nitrogens with zero attached hydrogens (tertiary/aromatic N) is 4. The molecule has 0 atom stereocenters. The number of hydrogen-bond donors (Lipinski definition) is 1. The van der Waals surface area contributed by atoms with Crippen molar-refractivity contribution in [3.8, 4) is 11.4 Å². The van der Waals surface area contributed by atoms with Crippen molar-refractivity contribution in [2.75, 3.05) is 0 Å². The second-order valence-electron chi connectivity index (χ2n) is 5.77. The van der Waals surface area contributed by atoms with E-state index < -0.39 is 11.2 Å². The van der Waals surface area contributed by atoms with Crippen molar-refractivity contribution in [1.82, 2.24) is 24.7 Å². The molecular formula is C18H11Cl2N5O2. The third kappa shape index (κ3) is 3.34. The second-order valence-corrected chi connectivity index (χ2v) is 6.58. The Balaban J connectivity index is 1.86. The van der Waals surface area contributed by atoms with Crippen molar-refractivity contribution < 1.29 is 0 Å². The first-order valence-corrected chi connectivity index (χ1v) is 8.65. The number of halogens is 2. The Labute approximate surface area is 162 Å². The van der Waals surface area contributed by atoms with Crippen LogP contribution in [0.2, 0.25) is 10.0 Å². The number of aromatic nitrogens is 5. The molecule has 134 valence electrons. The van der Waals surface area contributed by atoms with Crippen LogP contribution in [0.1, 0.15) is 5.56 Å². The van der Waals surface area contributed by atoms with Gasteiger partial charge in [-0.3, -0.25) is 14.3 Å². The van der Waals surface area contributed by atoms with Crippen molar-refractivity contribution in [1.29, 1.82) is 0 Å². The number of benzene rings is 2. The summed E-state index contributed by atoms with van der Waals surface area (Å²) in [5, 5.41) is 8.61. The molecular weight excluding hydrogens is 389 g/mol. The van der Waals surface area contributed by atoms with Crippen molar-refractivity contribution in [2.45, 2.75) is 6.54 Å². The maximum atomic E-state index is 12.8. The third-order valence-electron chi connectivity index (χ3n) is 3.97. The van der Waals surface area contributed by atoms with E-state index in [9.17, 15) is 9.59 Å². The van der Waals surface area contributed by atoms with E-state index in [1.54, 1.807) is 18.2 Å². The van der Waals surface area contributed by atoms with E-state index in [1.807, 2.05) is 30.3 Å².